The minimum atomic E-state index is -0.710. The molecule has 2 heterocycles. The first-order valence-corrected chi connectivity index (χ1v) is 5.67. The number of nitrogens with one attached hydrogen (secondary N) is 1. The molecule has 0 saturated carbocycles. The molecule has 0 amide bonds. The molecule has 2 rings (SSSR count). The molecule has 0 bridgehead atoms. The Hall–Kier alpha value is -0.650. The molecule has 4 nitrogen and oxygen atoms in total. The maximum absolute atomic E-state index is 10.4. The molecule has 0 aromatic carbocycles. The molecule has 1 fully saturated rings. The van der Waals surface area contributed by atoms with E-state index < -0.39 is 5.60 Å². The number of nitrogens with zero attached hydrogens (tertiary/aromatic N) is 1. The van der Waals surface area contributed by atoms with Crippen molar-refractivity contribution in [2.75, 3.05) is 18.8 Å². The van der Waals surface area contributed by atoms with Gasteiger partial charge in [0.1, 0.15) is 5.60 Å². The summed E-state index contributed by atoms with van der Waals surface area (Å²) < 4.78 is 0. The van der Waals surface area contributed by atoms with Gasteiger partial charge < -0.3 is 16.2 Å². The predicted molar refractivity (Wildman–Crippen MR) is 57.1 cm³/mol. The molecule has 1 aromatic heterocycles. The lowest BCUT2D eigenvalue weighted by molar-refractivity contribution is 0.0275. The minimum Gasteiger partial charge on any atom is -0.384 e. The number of anilines is 1. The van der Waals surface area contributed by atoms with Gasteiger partial charge in [-0.15, -0.1) is 0 Å². The summed E-state index contributed by atoms with van der Waals surface area (Å²) in [6.07, 6.45) is 4.23. The number of hydrogen-bond donors (Lipinski definition) is 3. The van der Waals surface area contributed by atoms with Crippen LogP contribution in [-0.4, -0.2) is 23.2 Å². The third-order valence-electron chi connectivity index (χ3n) is 2.64. The van der Waals surface area contributed by atoms with E-state index in [2.05, 4.69) is 10.3 Å². The van der Waals surface area contributed by atoms with Gasteiger partial charge in [0.25, 0.3) is 0 Å². The average Bonchev–Trinajstić information content (AvgIpc) is 2.47. The molecule has 1 saturated heterocycles. The second kappa shape index (κ2) is 3.84. The van der Waals surface area contributed by atoms with Crippen LogP contribution in [0, 0.1) is 0 Å². The second-order valence-corrected chi connectivity index (χ2v) is 4.76. The van der Waals surface area contributed by atoms with Gasteiger partial charge in [-0.05, 0) is 32.4 Å². The average molecular weight is 213 g/mol. The van der Waals surface area contributed by atoms with Crippen molar-refractivity contribution in [1.82, 2.24) is 10.3 Å². The predicted octanol–water partition coefficient (Wildman–Crippen LogP) is 0.686. The van der Waals surface area contributed by atoms with Crippen LogP contribution in [0.25, 0.3) is 0 Å². The summed E-state index contributed by atoms with van der Waals surface area (Å²) in [5.74, 6) is 0. The molecule has 1 unspecified atom stereocenters. The van der Waals surface area contributed by atoms with Crippen molar-refractivity contribution in [3.05, 3.63) is 11.1 Å². The Morgan fingerprint density at radius 2 is 2.36 bits per heavy atom. The van der Waals surface area contributed by atoms with Gasteiger partial charge in [0, 0.05) is 6.20 Å². The molecule has 78 valence electrons. The zero-order chi connectivity index (χ0) is 10.0. The van der Waals surface area contributed by atoms with Crippen LogP contribution in [0.2, 0.25) is 0 Å². The van der Waals surface area contributed by atoms with Crippen LogP contribution in [0.1, 0.15) is 24.1 Å². The molecule has 0 aliphatic carbocycles. The fourth-order valence-corrected chi connectivity index (χ4v) is 2.63. The van der Waals surface area contributed by atoms with Crippen LogP contribution in [0.5, 0.6) is 0 Å². The molecular weight excluding hydrogens is 198 g/mol. The topological polar surface area (TPSA) is 71.2 Å². The summed E-state index contributed by atoms with van der Waals surface area (Å²) in [6, 6.07) is 0. The van der Waals surface area contributed by atoms with E-state index in [1.807, 2.05) is 0 Å². The van der Waals surface area contributed by atoms with Crippen LogP contribution < -0.4 is 11.1 Å². The van der Waals surface area contributed by atoms with E-state index in [-0.39, 0.29) is 0 Å². The van der Waals surface area contributed by atoms with Crippen molar-refractivity contribution in [3.8, 4) is 0 Å². The van der Waals surface area contributed by atoms with E-state index in [0.29, 0.717) is 5.13 Å². The summed E-state index contributed by atoms with van der Waals surface area (Å²) in [5.41, 5.74) is 4.85. The second-order valence-electron chi connectivity index (χ2n) is 3.70. The molecule has 1 aliphatic rings. The fourth-order valence-electron chi connectivity index (χ4n) is 1.80. The van der Waals surface area contributed by atoms with Crippen LogP contribution in [-0.2, 0) is 5.60 Å². The van der Waals surface area contributed by atoms with Crippen molar-refractivity contribution < 1.29 is 5.11 Å². The lowest BCUT2D eigenvalue weighted by Crippen LogP contribution is -2.25. The Morgan fingerprint density at radius 3 is 3.07 bits per heavy atom. The normalized spacial score (nSPS) is 28.6. The zero-order valence-corrected chi connectivity index (χ0v) is 8.81. The van der Waals surface area contributed by atoms with Gasteiger partial charge in [-0.3, -0.25) is 0 Å². The molecule has 1 aromatic rings. The van der Waals surface area contributed by atoms with Gasteiger partial charge in [-0.1, -0.05) is 11.3 Å². The van der Waals surface area contributed by atoms with Crippen LogP contribution in [0.4, 0.5) is 5.13 Å². The van der Waals surface area contributed by atoms with Crippen molar-refractivity contribution in [2.24, 2.45) is 0 Å². The molecule has 1 aliphatic heterocycles. The lowest BCUT2D eigenvalue weighted by Gasteiger charge is -2.24. The number of thiazole rings is 1. The number of nitrogens with two attached hydrogens (primary N) is 1. The van der Waals surface area contributed by atoms with Crippen molar-refractivity contribution in [3.63, 3.8) is 0 Å². The maximum Gasteiger partial charge on any atom is 0.180 e. The van der Waals surface area contributed by atoms with Crippen molar-refractivity contribution in [1.29, 1.82) is 0 Å². The third kappa shape index (κ3) is 1.89. The maximum atomic E-state index is 10.4. The molecule has 1 atom stereocenters. The fraction of sp³-hybridized carbons (Fsp3) is 0.667. The molecule has 4 N–H and O–H groups in total. The molecule has 0 radical (unpaired) electrons. The minimum absolute atomic E-state index is 0.533. The van der Waals surface area contributed by atoms with E-state index >= 15 is 0 Å². The first-order valence-electron chi connectivity index (χ1n) is 4.86. The van der Waals surface area contributed by atoms with Gasteiger partial charge in [0.15, 0.2) is 5.13 Å². The molecule has 0 spiro atoms. The number of aliphatic hydroxyl groups is 1. The molecular formula is C9H15N3OS. The third-order valence-corrected chi connectivity index (χ3v) is 3.66. The Balaban J connectivity index is 2.20. The van der Waals surface area contributed by atoms with Crippen molar-refractivity contribution in [2.45, 2.75) is 24.9 Å². The highest BCUT2D eigenvalue weighted by atomic mass is 32.1. The monoisotopic (exact) mass is 213 g/mol. The van der Waals surface area contributed by atoms with E-state index in [0.717, 1.165) is 37.2 Å². The zero-order valence-electron chi connectivity index (χ0n) is 7.99. The molecule has 14 heavy (non-hydrogen) atoms. The Labute approximate surface area is 87.2 Å². The van der Waals surface area contributed by atoms with E-state index in [1.54, 1.807) is 6.20 Å². The van der Waals surface area contributed by atoms with Crippen LogP contribution >= 0.6 is 11.3 Å². The number of nitrogen functional groups attached to an aromatic ring is 1. The Morgan fingerprint density at radius 1 is 1.50 bits per heavy atom. The first-order chi connectivity index (χ1) is 6.71. The Kier molecular flexibility index (Phi) is 2.71. The first kappa shape index (κ1) is 9.89. The van der Waals surface area contributed by atoms with Crippen LogP contribution in [0.15, 0.2) is 6.20 Å². The highest BCUT2D eigenvalue weighted by Gasteiger charge is 2.31. The van der Waals surface area contributed by atoms with Gasteiger partial charge in [-0.25, -0.2) is 4.98 Å². The highest BCUT2D eigenvalue weighted by Crippen LogP contribution is 2.35. The standard InChI is InChI=1S/C9H15N3OS/c10-8-12-6-7(14-8)9(13)2-1-4-11-5-3-9/h6,11,13H,1-5H2,(H2,10,12). The van der Waals surface area contributed by atoms with Crippen LogP contribution in [0.3, 0.4) is 0 Å². The highest BCUT2D eigenvalue weighted by molar-refractivity contribution is 7.15. The summed E-state index contributed by atoms with van der Waals surface area (Å²) in [5, 5.41) is 14.2. The summed E-state index contributed by atoms with van der Waals surface area (Å²) in [7, 11) is 0. The van der Waals surface area contributed by atoms with E-state index in [9.17, 15) is 5.11 Å². The Bertz CT molecular complexity index is 305. The van der Waals surface area contributed by atoms with Gasteiger partial charge in [0.2, 0.25) is 0 Å². The quantitative estimate of drug-likeness (QED) is 0.642. The smallest absolute Gasteiger partial charge is 0.180 e. The van der Waals surface area contributed by atoms with Gasteiger partial charge >= 0.3 is 0 Å². The van der Waals surface area contributed by atoms with Gasteiger partial charge in [0.05, 0.1) is 4.88 Å². The lowest BCUT2D eigenvalue weighted by atomic mass is 9.94. The summed E-state index contributed by atoms with van der Waals surface area (Å²) in [4.78, 5) is 4.89. The largest absolute Gasteiger partial charge is 0.384 e. The number of hydrogen-bond acceptors (Lipinski definition) is 5. The van der Waals surface area contributed by atoms with E-state index in [1.165, 1.54) is 11.3 Å². The SMILES string of the molecule is Nc1ncc(C2(O)CCCNCC2)s1. The van der Waals surface area contributed by atoms with Gasteiger partial charge in [-0.2, -0.15) is 0 Å². The number of rotatable bonds is 1. The molecule has 5 heteroatoms. The van der Waals surface area contributed by atoms with Crippen molar-refractivity contribution >= 4 is 16.5 Å². The van der Waals surface area contributed by atoms with E-state index in [4.69, 9.17) is 5.73 Å². The number of aromatic nitrogens is 1. The summed E-state index contributed by atoms with van der Waals surface area (Å²) in [6.45, 7) is 1.84. The summed E-state index contributed by atoms with van der Waals surface area (Å²) >= 11 is 1.39.